The van der Waals surface area contributed by atoms with Gasteiger partial charge in [-0.15, -0.1) is 11.3 Å². The molecule has 6 heteroatoms. The molecule has 2 aromatic heterocycles. The molecule has 4 aromatic rings. The van der Waals surface area contributed by atoms with Gasteiger partial charge >= 0.3 is 6.03 Å². The molecule has 1 unspecified atom stereocenters. The van der Waals surface area contributed by atoms with Crippen LogP contribution in [0.15, 0.2) is 72.9 Å². The van der Waals surface area contributed by atoms with Crippen LogP contribution in [-0.4, -0.2) is 29.6 Å². The van der Waals surface area contributed by atoms with Gasteiger partial charge in [0.25, 0.3) is 0 Å². The predicted molar refractivity (Wildman–Crippen MR) is 144 cm³/mol. The summed E-state index contributed by atoms with van der Waals surface area (Å²) in [5.41, 5.74) is 6.98. The van der Waals surface area contributed by atoms with Crippen LogP contribution in [0.1, 0.15) is 46.1 Å². The average molecular weight is 483 g/mol. The number of nitrogens with one attached hydrogen (secondary N) is 1. The van der Waals surface area contributed by atoms with Crippen LogP contribution in [0.4, 0.5) is 16.2 Å². The maximum absolute atomic E-state index is 13.9. The van der Waals surface area contributed by atoms with Crippen LogP contribution < -0.4 is 10.2 Å². The maximum atomic E-state index is 13.9. The topological polar surface area (TPSA) is 40.5 Å². The Morgan fingerprint density at radius 3 is 2.49 bits per heavy atom. The lowest BCUT2D eigenvalue weighted by atomic mass is 9.95. The standard InChI is InChI=1S/C29H30N4OS/c1-31(2)22-16-14-20(15-17-22)27-25-12-8-18-32(25)28-24(23-11-6-7-13-26(23)35-28)19-33(27)29(34)30-21-9-4-3-5-10-21/h3-5,8-10,12,14-18,27H,6-7,11,13,19H2,1-2H3,(H,30,34). The van der Waals surface area contributed by atoms with Gasteiger partial charge in [-0.05, 0) is 73.2 Å². The van der Waals surface area contributed by atoms with E-state index in [0.717, 1.165) is 35.5 Å². The Balaban J connectivity index is 1.49. The van der Waals surface area contributed by atoms with Crippen molar-refractivity contribution in [1.82, 2.24) is 9.47 Å². The molecular formula is C29H30N4OS. The number of urea groups is 1. The largest absolute Gasteiger partial charge is 0.378 e. The van der Waals surface area contributed by atoms with E-state index in [0.29, 0.717) is 6.54 Å². The molecule has 178 valence electrons. The minimum Gasteiger partial charge on any atom is -0.378 e. The number of aromatic nitrogens is 1. The summed E-state index contributed by atoms with van der Waals surface area (Å²) in [7, 11) is 4.10. The van der Waals surface area contributed by atoms with Gasteiger partial charge in [-0.3, -0.25) is 0 Å². The van der Waals surface area contributed by atoms with Gasteiger partial charge in [0, 0.05) is 42.1 Å². The highest BCUT2D eigenvalue weighted by molar-refractivity contribution is 7.15. The van der Waals surface area contributed by atoms with E-state index in [9.17, 15) is 4.79 Å². The molecule has 1 aliphatic heterocycles. The van der Waals surface area contributed by atoms with Gasteiger partial charge in [0.1, 0.15) is 5.00 Å². The number of rotatable bonds is 3. The van der Waals surface area contributed by atoms with Gasteiger partial charge < -0.3 is 19.7 Å². The molecule has 2 aromatic carbocycles. The third kappa shape index (κ3) is 3.92. The number of para-hydroxylation sites is 1. The van der Waals surface area contributed by atoms with Crippen molar-refractivity contribution in [1.29, 1.82) is 0 Å². The number of nitrogens with zero attached hydrogens (tertiary/aromatic N) is 3. The number of carbonyl (C=O) groups excluding carboxylic acids is 1. The van der Waals surface area contributed by atoms with E-state index in [4.69, 9.17) is 0 Å². The normalized spacial score (nSPS) is 16.6. The molecule has 0 saturated heterocycles. The van der Waals surface area contributed by atoms with Gasteiger partial charge in [-0.25, -0.2) is 4.79 Å². The molecule has 0 saturated carbocycles. The van der Waals surface area contributed by atoms with Gasteiger partial charge in [-0.1, -0.05) is 30.3 Å². The predicted octanol–water partition coefficient (Wildman–Crippen LogP) is 6.62. The fraction of sp³-hybridized carbons (Fsp3) is 0.276. The SMILES string of the molecule is CN(C)c1ccc(C2c3cccn3-c3sc4c(c3CN2C(=O)Nc2ccccc2)CCCC4)cc1. The zero-order valence-corrected chi connectivity index (χ0v) is 21.0. The fourth-order valence-corrected chi connectivity index (χ4v) is 6.81. The van der Waals surface area contributed by atoms with E-state index in [1.807, 2.05) is 60.7 Å². The molecule has 3 heterocycles. The summed E-state index contributed by atoms with van der Waals surface area (Å²) in [5, 5.41) is 4.45. The summed E-state index contributed by atoms with van der Waals surface area (Å²) in [6, 6.07) is 22.4. The Kier molecular flexibility index (Phi) is 5.61. The van der Waals surface area contributed by atoms with Gasteiger partial charge in [0.05, 0.1) is 18.3 Å². The lowest BCUT2D eigenvalue weighted by Gasteiger charge is -2.31. The lowest BCUT2D eigenvalue weighted by Crippen LogP contribution is -2.38. The van der Waals surface area contributed by atoms with E-state index < -0.39 is 0 Å². The lowest BCUT2D eigenvalue weighted by molar-refractivity contribution is 0.194. The Hall–Kier alpha value is -3.51. The van der Waals surface area contributed by atoms with Crippen molar-refractivity contribution in [3.63, 3.8) is 0 Å². The number of thiophene rings is 1. The molecule has 6 rings (SSSR count). The molecule has 1 atom stereocenters. The van der Waals surface area contributed by atoms with Crippen molar-refractivity contribution in [2.45, 2.75) is 38.3 Å². The second-order valence-corrected chi connectivity index (χ2v) is 10.7. The van der Waals surface area contributed by atoms with Crippen molar-refractivity contribution in [2.75, 3.05) is 24.3 Å². The third-order valence-corrected chi connectivity index (χ3v) is 8.52. The maximum Gasteiger partial charge on any atom is 0.322 e. The van der Waals surface area contributed by atoms with Crippen LogP contribution in [0.5, 0.6) is 0 Å². The average Bonchev–Trinajstić information content (AvgIpc) is 3.46. The van der Waals surface area contributed by atoms with Gasteiger partial charge in [-0.2, -0.15) is 0 Å². The number of fused-ring (bicyclic) bond motifs is 5. The van der Waals surface area contributed by atoms with Crippen LogP contribution in [0.25, 0.3) is 5.00 Å². The van der Waals surface area contributed by atoms with Crippen LogP contribution >= 0.6 is 11.3 Å². The van der Waals surface area contributed by atoms with Crippen molar-refractivity contribution < 1.29 is 4.79 Å². The number of amides is 2. The van der Waals surface area contributed by atoms with Gasteiger partial charge in [0.15, 0.2) is 0 Å². The Labute approximate surface area is 210 Å². The summed E-state index contributed by atoms with van der Waals surface area (Å²) in [5.74, 6) is 0. The van der Waals surface area contributed by atoms with Crippen molar-refractivity contribution >= 4 is 28.7 Å². The van der Waals surface area contributed by atoms with Crippen molar-refractivity contribution in [3.8, 4) is 5.00 Å². The molecule has 1 N–H and O–H groups in total. The number of anilines is 2. The van der Waals surface area contributed by atoms with Crippen LogP contribution in [0.2, 0.25) is 0 Å². The summed E-state index contributed by atoms with van der Waals surface area (Å²) in [6.07, 6.45) is 6.89. The smallest absolute Gasteiger partial charge is 0.322 e. The van der Waals surface area contributed by atoms with E-state index >= 15 is 0 Å². The number of hydrogen-bond acceptors (Lipinski definition) is 3. The number of carbonyl (C=O) groups is 1. The van der Waals surface area contributed by atoms with Crippen LogP contribution in [0.3, 0.4) is 0 Å². The molecule has 5 nitrogen and oxygen atoms in total. The second-order valence-electron chi connectivity index (χ2n) is 9.61. The molecule has 0 fully saturated rings. The molecule has 0 radical (unpaired) electrons. The van der Waals surface area contributed by atoms with E-state index in [1.54, 1.807) is 0 Å². The minimum atomic E-state index is -0.191. The first-order valence-corrected chi connectivity index (χ1v) is 13.1. The summed E-state index contributed by atoms with van der Waals surface area (Å²) in [6.45, 7) is 0.599. The highest BCUT2D eigenvalue weighted by Crippen LogP contribution is 2.44. The van der Waals surface area contributed by atoms with Crippen LogP contribution in [-0.2, 0) is 19.4 Å². The first-order chi connectivity index (χ1) is 17.1. The second kappa shape index (κ2) is 8.93. The first-order valence-electron chi connectivity index (χ1n) is 12.3. The molecule has 1 aliphatic carbocycles. The highest BCUT2D eigenvalue weighted by atomic mass is 32.1. The third-order valence-electron chi connectivity index (χ3n) is 7.19. The molecule has 2 amide bonds. The zero-order chi connectivity index (χ0) is 23.9. The van der Waals surface area contributed by atoms with E-state index in [-0.39, 0.29) is 12.1 Å². The number of hydrogen-bond donors (Lipinski definition) is 1. The van der Waals surface area contributed by atoms with Gasteiger partial charge in [0.2, 0.25) is 0 Å². The summed E-state index contributed by atoms with van der Waals surface area (Å²) in [4.78, 5) is 19.5. The highest BCUT2D eigenvalue weighted by Gasteiger charge is 2.36. The molecular weight excluding hydrogens is 452 g/mol. The Bertz CT molecular complexity index is 1350. The van der Waals surface area contributed by atoms with Crippen LogP contribution in [0, 0.1) is 0 Å². The Morgan fingerprint density at radius 1 is 0.943 bits per heavy atom. The molecule has 2 aliphatic rings. The zero-order valence-electron chi connectivity index (χ0n) is 20.2. The molecule has 0 bridgehead atoms. The van der Waals surface area contributed by atoms with E-state index in [2.05, 4.69) is 57.4 Å². The van der Waals surface area contributed by atoms with Crippen molar-refractivity contribution in [2.24, 2.45) is 0 Å². The quantitative estimate of drug-likeness (QED) is 0.356. The summed E-state index contributed by atoms with van der Waals surface area (Å²) >= 11 is 1.92. The molecule has 35 heavy (non-hydrogen) atoms. The number of aryl methyl sites for hydroxylation is 1. The van der Waals surface area contributed by atoms with Crippen molar-refractivity contribution in [3.05, 3.63) is 100 Å². The fourth-order valence-electron chi connectivity index (χ4n) is 5.41. The number of benzene rings is 2. The summed E-state index contributed by atoms with van der Waals surface area (Å²) < 4.78 is 2.33. The van der Waals surface area contributed by atoms with E-state index in [1.165, 1.54) is 33.8 Å². The first kappa shape index (κ1) is 22.0. The Morgan fingerprint density at radius 2 is 1.71 bits per heavy atom. The monoisotopic (exact) mass is 482 g/mol. The molecule has 0 spiro atoms. The minimum absolute atomic E-state index is 0.0748.